The van der Waals surface area contributed by atoms with E-state index >= 15 is 0 Å². The van der Waals surface area contributed by atoms with Crippen LogP contribution in [0.25, 0.3) is 33.3 Å². The molecule has 0 bridgehead atoms. The third kappa shape index (κ3) is 2.48. The van der Waals surface area contributed by atoms with E-state index in [4.69, 9.17) is 4.42 Å². The molecular weight excluding hydrogens is 384 g/mol. The predicted molar refractivity (Wildman–Crippen MR) is 113 cm³/mol. The third-order valence-corrected chi connectivity index (χ3v) is 5.92. The van der Waals surface area contributed by atoms with Gasteiger partial charge in [0, 0.05) is 5.39 Å². The van der Waals surface area contributed by atoms with Crippen molar-refractivity contribution < 1.29 is 9.21 Å². The fraction of sp³-hybridized carbons (Fsp3) is 0.0455. The summed E-state index contributed by atoms with van der Waals surface area (Å²) >= 11 is 1.38. The molecule has 6 nitrogen and oxygen atoms in total. The molecule has 29 heavy (non-hydrogen) atoms. The molecule has 0 fully saturated rings. The summed E-state index contributed by atoms with van der Waals surface area (Å²) < 4.78 is 7.88. The first-order valence-electron chi connectivity index (χ1n) is 9.18. The molecule has 0 saturated carbocycles. The molecule has 0 N–H and O–H groups in total. The number of aromatic nitrogens is 3. The van der Waals surface area contributed by atoms with Crippen molar-refractivity contribution in [3.05, 3.63) is 72.8 Å². The lowest BCUT2D eigenvalue weighted by Crippen LogP contribution is -2.41. The number of hydrogen-bond donors (Lipinski definition) is 0. The van der Waals surface area contributed by atoms with E-state index in [2.05, 4.69) is 22.3 Å². The highest BCUT2D eigenvalue weighted by Gasteiger charge is 2.31. The van der Waals surface area contributed by atoms with Crippen LogP contribution in [0.15, 0.2) is 82.4 Å². The fourth-order valence-corrected chi connectivity index (χ4v) is 4.48. The minimum absolute atomic E-state index is 0.0312. The largest absolute Gasteiger partial charge is 0.453 e. The summed E-state index contributed by atoms with van der Waals surface area (Å²) in [4.78, 5) is 12.8. The average Bonchev–Trinajstić information content (AvgIpc) is 3.38. The summed E-state index contributed by atoms with van der Waals surface area (Å²) in [6.07, 6.45) is 0. The zero-order valence-electron chi connectivity index (χ0n) is 15.1. The van der Waals surface area contributed by atoms with Crippen LogP contribution in [-0.4, -0.2) is 26.5 Å². The van der Waals surface area contributed by atoms with E-state index in [0.717, 1.165) is 27.4 Å². The van der Waals surface area contributed by atoms with Gasteiger partial charge in [0.25, 0.3) is 5.91 Å². The van der Waals surface area contributed by atoms with E-state index in [9.17, 15) is 4.79 Å². The first-order chi connectivity index (χ1) is 14.3. The summed E-state index contributed by atoms with van der Waals surface area (Å²) in [5, 5.41) is 14.2. The van der Waals surface area contributed by atoms with E-state index in [1.54, 1.807) is 9.69 Å². The molecule has 1 aliphatic heterocycles. The summed E-state index contributed by atoms with van der Waals surface area (Å²) in [6, 6.07) is 23.7. The van der Waals surface area contributed by atoms with Crippen LogP contribution in [0.4, 0.5) is 5.69 Å². The molecule has 1 aliphatic rings. The topological polar surface area (TPSA) is 64.2 Å². The zero-order valence-corrected chi connectivity index (χ0v) is 16.0. The van der Waals surface area contributed by atoms with Crippen LogP contribution in [0, 0.1) is 0 Å². The second kappa shape index (κ2) is 6.22. The van der Waals surface area contributed by atoms with Crippen LogP contribution >= 0.6 is 11.8 Å². The minimum atomic E-state index is -0.0312. The zero-order chi connectivity index (χ0) is 19.4. The summed E-state index contributed by atoms with van der Waals surface area (Å²) in [5.41, 5.74) is 1.54. The number of para-hydroxylation sites is 1. The van der Waals surface area contributed by atoms with Crippen LogP contribution in [-0.2, 0) is 4.79 Å². The Morgan fingerprint density at radius 1 is 0.897 bits per heavy atom. The van der Waals surface area contributed by atoms with Gasteiger partial charge in [-0.25, -0.2) is 5.01 Å². The number of amides is 1. The fourth-order valence-electron chi connectivity index (χ4n) is 3.72. The van der Waals surface area contributed by atoms with Crippen molar-refractivity contribution >= 4 is 45.1 Å². The molecule has 3 aromatic carbocycles. The van der Waals surface area contributed by atoms with Gasteiger partial charge in [-0.3, -0.25) is 4.79 Å². The van der Waals surface area contributed by atoms with E-state index in [1.807, 2.05) is 60.7 Å². The van der Waals surface area contributed by atoms with Gasteiger partial charge in [0.2, 0.25) is 11.0 Å². The molecule has 0 spiro atoms. The second-order valence-electron chi connectivity index (χ2n) is 6.76. The molecular formula is C22H14N4O2S. The molecule has 7 heteroatoms. The maximum absolute atomic E-state index is 12.8. The first-order valence-corrected chi connectivity index (χ1v) is 10.2. The van der Waals surface area contributed by atoms with Gasteiger partial charge in [-0.05, 0) is 35.0 Å². The number of anilines is 1. The van der Waals surface area contributed by atoms with Gasteiger partial charge >= 0.3 is 0 Å². The van der Waals surface area contributed by atoms with Crippen LogP contribution in [0.5, 0.6) is 0 Å². The smallest absolute Gasteiger partial charge is 0.256 e. The van der Waals surface area contributed by atoms with Gasteiger partial charge in [0.1, 0.15) is 5.58 Å². The number of nitrogens with zero attached hydrogens (tertiary/aromatic N) is 4. The second-order valence-corrected chi connectivity index (χ2v) is 7.70. The number of benzene rings is 3. The van der Waals surface area contributed by atoms with Crippen molar-refractivity contribution in [2.45, 2.75) is 5.16 Å². The number of furan rings is 1. The van der Waals surface area contributed by atoms with Gasteiger partial charge < -0.3 is 4.42 Å². The Hall–Kier alpha value is -3.58. The number of hydrogen-bond acceptors (Lipinski definition) is 5. The van der Waals surface area contributed by atoms with Crippen molar-refractivity contribution in [1.82, 2.24) is 14.9 Å². The molecule has 140 valence electrons. The number of thioether (sulfide) groups is 1. The van der Waals surface area contributed by atoms with E-state index in [0.29, 0.717) is 22.5 Å². The average molecular weight is 398 g/mol. The number of carbonyl (C=O) groups is 1. The van der Waals surface area contributed by atoms with Gasteiger partial charge in [-0.1, -0.05) is 60.3 Å². The van der Waals surface area contributed by atoms with Crippen molar-refractivity contribution in [3.8, 4) is 11.6 Å². The van der Waals surface area contributed by atoms with Crippen LogP contribution < -0.4 is 5.01 Å². The Morgan fingerprint density at radius 3 is 2.62 bits per heavy atom. The summed E-state index contributed by atoms with van der Waals surface area (Å²) in [7, 11) is 0. The number of rotatable bonds is 2. The highest BCUT2D eigenvalue weighted by atomic mass is 32.2. The first kappa shape index (κ1) is 16.4. The van der Waals surface area contributed by atoms with Crippen LogP contribution in [0.1, 0.15) is 0 Å². The Balaban J connectivity index is 1.57. The molecule has 3 heterocycles. The van der Waals surface area contributed by atoms with Crippen LogP contribution in [0.3, 0.4) is 0 Å². The van der Waals surface area contributed by atoms with Crippen molar-refractivity contribution in [1.29, 1.82) is 0 Å². The maximum Gasteiger partial charge on any atom is 0.256 e. The van der Waals surface area contributed by atoms with Crippen molar-refractivity contribution in [2.24, 2.45) is 0 Å². The minimum Gasteiger partial charge on any atom is -0.453 e. The van der Waals surface area contributed by atoms with Gasteiger partial charge in [-0.2, -0.15) is 4.68 Å². The maximum atomic E-state index is 12.8. The molecule has 6 rings (SSSR count). The Kier molecular flexibility index (Phi) is 3.51. The Labute approximate surface area is 169 Å². The lowest BCUT2D eigenvalue weighted by atomic mass is 10.1. The normalized spacial score (nSPS) is 13.9. The number of carbonyl (C=O) groups excluding carboxylic acids is 1. The van der Waals surface area contributed by atoms with E-state index in [-0.39, 0.29) is 5.91 Å². The Morgan fingerprint density at radius 2 is 1.72 bits per heavy atom. The molecule has 0 radical (unpaired) electrons. The number of fused-ring (bicyclic) bond motifs is 4. The molecule has 2 aromatic heterocycles. The summed E-state index contributed by atoms with van der Waals surface area (Å²) in [6.45, 7) is 0. The van der Waals surface area contributed by atoms with Crippen molar-refractivity contribution in [3.63, 3.8) is 0 Å². The standard InChI is InChI=1S/C22H14N4O2S/c27-20-13-29-22-24-23-21(26(22)25(20)15-7-2-1-3-8-15)19-12-17-16-9-5-4-6-14(16)10-11-18(17)28-19/h1-12H,13H2. The van der Waals surface area contributed by atoms with E-state index < -0.39 is 0 Å². The Bertz CT molecular complexity index is 1390. The molecule has 1 amide bonds. The molecule has 0 unspecified atom stereocenters. The lowest BCUT2D eigenvalue weighted by Gasteiger charge is -2.28. The van der Waals surface area contributed by atoms with Gasteiger partial charge in [0.15, 0.2) is 5.76 Å². The molecule has 0 atom stereocenters. The third-order valence-electron chi connectivity index (χ3n) is 5.02. The quantitative estimate of drug-likeness (QED) is 0.429. The van der Waals surface area contributed by atoms with E-state index in [1.165, 1.54) is 11.8 Å². The SMILES string of the molecule is O=C1CSc2nnc(-c3cc4c(ccc5ccccc54)o3)n2N1c1ccccc1. The predicted octanol–water partition coefficient (Wildman–Crippen LogP) is 4.75. The van der Waals surface area contributed by atoms with Crippen molar-refractivity contribution in [2.75, 3.05) is 10.8 Å². The molecule has 5 aromatic rings. The van der Waals surface area contributed by atoms with Crippen LogP contribution in [0.2, 0.25) is 0 Å². The van der Waals surface area contributed by atoms with Gasteiger partial charge in [-0.15, -0.1) is 10.2 Å². The lowest BCUT2D eigenvalue weighted by molar-refractivity contribution is -0.117. The molecule has 0 saturated heterocycles. The molecule has 0 aliphatic carbocycles. The highest BCUT2D eigenvalue weighted by Crippen LogP contribution is 2.36. The highest BCUT2D eigenvalue weighted by molar-refractivity contribution is 7.99. The monoisotopic (exact) mass is 398 g/mol. The van der Waals surface area contributed by atoms with Gasteiger partial charge in [0.05, 0.1) is 11.4 Å². The summed E-state index contributed by atoms with van der Waals surface area (Å²) in [5.74, 6) is 1.37.